The molecule has 0 bridgehead atoms. The lowest BCUT2D eigenvalue weighted by molar-refractivity contribution is 0.0965. The standard InChI is InChI=1S/2C25H42O7S4Si.2CH4O/c2*1-20(16-31-14-11-15-37(28-4,29-5)30-6)18-34-24(27)36-25(2,3)21(19-35-23(26)33-7)17-32-22-12-9-8-10-13-22;2*1-2/h2*8-10,12-13,20-21H,11,14-19H2,1-7H3;2*2H,1H3. The van der Waals surface area contributed by atoms with Crippen molar-refractivity contribution in [2.75, 3.05) is 132 Å². The van der Waals surface area contributed by atoms with Crippen molar-refractivity contribution in [3.05, 3.63) is 60.7 Å². The van der Waals surface area contributed by atoms with Crippen molar-refractivity contribution in [3.8, 4) is 11.5 Å². The third kappa shape index (κ3) is 36.3. The van der Waals surface area contributed by atoms with Crippen LogP contribution in [-0.4, -0.2) is 187 Å². The fourth-order valence-corrected chi connectivity index (χ4v) is 17.8. The summed E-state index contributed by atoms with van der Waals surface area (Å²) in [7, 11) is 6.53. The Hall–Kier alpha value is -0.446. The summed E-state index contributed by atoms with van der Waals surface area (Å²) >= 11 is 10.3. The molecule has 0 aliphatic heterocycles. The number of hydrogen-bond acceptors (Lipinski definition) is 24. The first-order valence-corrected chi connectivity index (χ1v) is 37.0. The third-order valence-corrected chi connectivity index (χ3v) is 26.2. The average molecular weight is 1290 g/mol. The van der Waals surface area contributed by atoms with Crippen LogP contribution in [-0.2, 0) is 36.0 Å². The second kappa shape index (κ2) is 47.9. The largest absolute Gasteiger partial charge is 0.500 e. The van der Waals surface area contributed by atoms with Gasteiger partial charge in [0, 0.05) is 140 Å². The van der Waals surface area contributed by atoms with Gasteiger partial charge in [0.1, 0.15) is 11.5 Å². The van der Waals surface area contributed by atoms with Crippen molar-refractivity contribution >= 4 is 129 Å². The second-order valence-corrected chi connectivity index (χ2v) is 33.9. The van der Waals surface area contributed by atoms with Crippen molar-refractivity contribution < 1.29 is 74.9 Å². The minimum absolute atomic E-state index is 0.00563. The summed E-state index contributed by atoms with van der Waals surface area (Å²) in [6, 6.07) is 20.6. The van der Waals surface area contributed by atoms with Crippen LogP contribution in [0.3, 0.4) is 0 Å². The molecule has 2 aromatic carbocycles. The maximum absolute atomic E-state index is 12.9. The number of para-hydroxylation sites is 2. The highest BCUT2D eigenvalue weighted by molar-refractivity contribution is 8.40. The molecule has 2 N–H and O–H groups in total. The predicted molar refractivity (Wildman–Crippen MR) is 341 cm³/mol. The van der Waals surface area contributed by atoms with Crippen LogP contribution in [0.2, 0.25) is 12.1 Å². The van der Waals surface area contributed by atoms with Gasteiger partial charge in [0.25, 0.3) is 0 Å². The number of carbonyl (C=O) groups excluding carboxylic acids is 4. The van der Waals surface area contributed by atoms with E-state index in [-0.39, 0.29) is 41.5 Å². The average Bonchev–Trinajstić information content (AvgIpc) is 3.45. The van der Waals surface area contributed by atoms with E-state index in [4.69, 9.17) is 55.7 Å². The van der Waals surface area contributed by atoms with Gasteiger partial charge in [-0.3, -0.25) is 19.2 Å². The number of thioether (sulfide) groups is 8. The van der Waals surface area contributed by atoms with E-state index in [1.807, 2.05) is 60.7 Å². The first kappa shape index (κ1) is 79.6. The molecule has 0 heterocycles. The Morgan fingerprint density at radius 2 is 0.769 bits per heavy atom. The first-order chi connectivity index (χ1) is 37.2. The van der Waals surface area contributed by atoms with Gasteiger partial charge in [-0.1, -0.05) is 144 Å². The quantitative estimate of drug-likeness (QED) is 0.0481. The molecule has 0 amide bonds. The third-order valence-electron chi connectivity index (χ3n) is 11.4. The highest BCUT2D eigenvalue weighted by Crippen LogP contribution is 2.41. The van der Waals surface area contributed by atoms with Gasteiger partial charge >= 0.3 is 17.6 Å². The molecular formula is C52H92O16S8Si2. The first-order valence-electron chi connectivity index (χ1n) is 25.1. The Morgan fingerprint density at radius 3 is 1.05 bits per heavy atom. The number of ether oxygens (including phenoxy) is 4. The summed E-state index contributed by atoms with van der Waals surface area (Å²) in [4.78, 5) is 49.5. The molecule has 0 aliphatic carbocycles. The molecule has 0 saturated heterocycles. The molecule has 2 aromatic rings. The molecule has 78 heavy (non-hydrogen) atoms. The van der Waals surface area contributed by atoms with E-state index in [2.05, 4.69) is 41.5 Å². The van der Waals surface area contributed by atoms with Crippen LogP contribution in [0.5, 0.6) is 11.5 Å². The molecule has 0 fully saturated rings. The Kier molecular flexibility index (Phi) is 48.9. The number of rotatable bonds is 36. The highest BCUT2D eigenvalue weighted by Gasteiger charge is 2.39. The summed E-state index contributed by atoms with van der Waals surface area (Å²) in [5, 5.41) is 14.0. The van der Waals surface area contributed by atoms with Crippen LogP contribution in [0.1, 0.15) is 54.4 Å². The minimum atomic E-state index is -2.56. The van der Waals surface area contributed by atoms with E-state index in [9.17, 15) is 19.2 Å². The molecule has 4 unspecified atom stereocenters. The van der Waals surface area contributed by atoms with Gasteiger partial charge in [-0.2, -0.15) is 0 Å². The summed E-state index contributed by atoms with van der Waals surface area (Å²) in [5.74, 6) is 4.59. The van der Waals surface area contributed by atoms with E-state index < -0.39 is 27.1 Å². The monoisotopic (exact) mass is 1280 g/mol. The van der Waals surface area contributed by atoms with Crippen LogP contribution in [0.25, 0.3) is 0 Å². The van der Waals surface area contributed by atoms with E-state index in [0.717, 1.165) is 38.6 Å². The fourth-order valence-electron chi connectivity index (χ4n) is 6.42. The molecule has 0 aromatic heterocycles. The summed E-state index contributed by atoms with van der Waals surface area (Å²) < 4.78 is 55.7. The molecule has 2 rings (SSSR count). The zero-order chi connectivity index (χ0) is 59.5. The van der Waals surface area contributed by atoms with Gasteiger partial charge in [-0.05, 0) is 89.1 Å². The number of aliphatic hydroxyl groups excluding tert-OH is 2. The van der Waals surface area contributed by atoms with E-state index in [1.54, 1.807) is 55.2 Å². The van der Waals surface area contributed by atoms with Crippen LogP contribution in [0.4, 0.5) is 19.2 Å². The van der Waals surface area contributed by atoms with E-state index in [1.165, 1.54) is 94.1 Å². The Balaban J connectivity index is 0. The van der Waals surface area contributed by atoms with Crippen LogP contribution >= 0.6 is 94.1 Å². The Bertz CT molecular complexity index is 1680. The number of hydrogen-bond donors (Lipinski definition) is 2. The number of carbonyl (C=O) groups is 4. The van der Waals surface area contributed by atoms with Crippen LogP contribution in [0.15, 0.2) is 60.7 Å². The molecule has 16 nitrogen and oxygen atoms in total. The van der Waals surface area contributed by atoms with Gasteiger partial charge in [-0.25, -0.2) is 0 Å². The van der Waals surface area contributed by atoms with Gasteiger partial charge in [0.2, 0.25) is 17.8 Å². The van der Waals surface area contributed by atoms with Crippen molar-refractivity contribution in [1.29, 1.82) is 0 Å². The molecule has 0 spiro atoms. The second-order valence-electron chi connectivity index (χ2n) is 17.9. The topological polar surface area (TPSA) is 201 Å². The molecule has 0 radical (unpaired) electrons. The van der Waals surface area contributed by atoms with Crippen molar-refractivity contribution in [2.45, 2.75) is 76.0 Å². The summed E-state index contributed by atoms with van der Waals surface area (Å²) in [6.45, 7) is 15.6. The molecule has 26 heteroatoms. The highest BCUT2D eigenvalue weighted by atomic mass is 32.2. The van der Waals surface area contributed by atoms with Crippen LogP contribution < -0.4 is 9.47 Å². The molecular weight excluding hydrogens is 1190 g/mol. The zero-order valence-corrected chi connectivity index (χ0v) is 57.4. The van der Waals surface area contributed by atoms with Gasteiger partial charge < -0.3 is 55.7 Å². The molecule has 0 aliphatic rings. The summed E-state index contributed by atoms with van der Waals surface area (Å²) in [5.41, 5.74) is 0. The predicted octanol–water partition coefficient (Wildman–Crippen LogP) is 13.6. The lowest BCUT2D eigenvalue weighted by Crippen LogP contribution is -2.42. The lowest BCUT2D eigenvalue weighted by atomic mass is 9.98. The zero-order valence-electron chi connectivity index (χ0n) is 48.9. The summed E-state index contributed by atoms with van der Waals surface area (Å²) in [6.07, 6.45) is 5.13. The Morgan fingerprint density at radius 1 is 0.474 bits per heavy atom. The maximum Gasteiger partial charge on any atom is 0.500 e. The fraction of sp³-hybridized carbons (Fsp3) is 0.692. The van der Waals surface area contributed by atoms with Crippen molar-refractivity contribution in [2.24, 2.45) is 23.7 Å². The molecule has 4 atom stereocenters. The Labute approximate surface area is 504 Å². The normalized spacial score (nSPS) is 13.3. The number of benzene rings is 2. The molecule has 452 valence electrons. The van der Waals surface area contributed by atoms with Gasteiger partial charge in [-0.15, -0.1) is 0 Å². The van der Waals surface area contributed by atoms with E-state index >= 15 is 0 Å². The minimum Gasteiger partial charge on any atom is -0.493 e. The molecule has 0 saturated carbocycles. The SMILES string of the molecule is CO.CO.CO[Si](CCCOCC(C)CSC(=O)SC(C)(C)C(COc1ccccc1)CSC(=O)SC)(OC)OC.CO[Si](CCCOCC(C)CSC(=O)SC(C)(C)C(COc1ccccc1)CSC(=O)SC)(OC)OC. The number of aliphatic hydroxyl groups is 2. The van der Waals surface area contributed by atoms with Gasteiger partial charge in [0.15, 0.2) is 0 Å². The smallest absolute Gasteiger partial charge is 0.493 e. The van der Waals surface area contributed by atoms with E-state index in [0.29, 0.717) is 74.7 Å². The van der Waals surface area contributed by atoms with Crippen molar-refractivity contribution in [1.82, 2.24) is 0 Å². The van der Waals surface area contributed by atoms with Crippen LogP contribution in [0, 0.1) is 23.7 Å². The van der Waals surface area contributed by atoms with Gasteiger partial charge in [0.05, 0.1) is 13.2 Å². The lowest BCUT2D eigenvalue weighted by Gasteiger charge is -2.32. The maximum atomic E-state index is 12.9. The van der Waals surface area contributed by atoms with Crippen molar-refractivity contribution in [3.63, 3.8) is 0 Å².